The molecule has 0 saturated heterocycles. The van der Waals surface area contributed by atoms with Crippen molar-refractivity contribution >= 4 is 12.2 Å². The lowest BCUT2D eigenvalue weighted by Crippen LogP contribution is -2.60. The van der Waals surface area contributed by atoms with Crippen LogP contribution in [0.4, 0.5) is 30.7 Å². The summed E-state index contributed by atoms with van der Waals surface area (Å²) in [5.41, 5.74) is 0. The minimum absolute atomic E-state index is 1.01. The molecule has 0 unspecified atom stereocenters. The summed E-state index contributed by atoms with van der Waals surface area (Å²) in [5, 5.41) is 9.27. The Morgan fingerprint density at radius 3 is 1.95 bits per heavy atom. The van der Waals surface area contributed by atoms with Gasteiger partial charge in [0.15, 0.2) is 0 Å². The standard InChI is InChI=1S/C7H11N2.C4HF7O2/c1-3-8-5-6-9(4-2)7-8;5-2(6,1(12)13)3(7,8)4(9,10)11/h3,5-7H,1,4H2,2H3;(H,12,13)/q+1;/p-1. The highest BCUT2D eigenvalue weighted by molar-refractivity contribution is 5.74. The van der Waals surface area contributed by atoms with E-state index in [9.17, 15) is 40.6 Å². The summed E-state index contributed by atoms with van der Waals surface area (Å²) < 4.78 is 84.2. The number of carboxylic acid groups (broad SMARTS) is 1. The first-order valence-corrected chi connectivity index (χ1v) is 5.54. The van der Waals surface area contributed by atoms with Crippen LogP contribution in [0.5, 0.6) is 0 Å². The molecular weight excluding hydrogens is 325 g/mol. The van der Waals surface area contributed by atoms with Crippen LogP contribution >= 0.6 is 0 Å². The van der Waals surface area contributed by atoms with Crippen molar-refractivity contribution in [2.24, 2.45) is 0 Å². The smallest absolute Gasteiger partial charge is 0.460 e. The van der Waals surface area contributed by atoms with Crippen molar-refractivity contribution in [3.05, 3.63) is 25.3 Å². The largest absolute Gasteiger partial charge is 0.544 e. The van der Waals surface area contributed by atoms with Crippen LogP contribution in [0.15, 0.2) is 25.3 Å². The first-order chi connectivity index (χ1) is 9.81. The Kier molecular flexibility index (Phi) is 6.15. The Labute approximate surface area is 120 Å². The fourth-order valence-electron chi connectivity index (χ4n) is 1.01. The van der Waals surface area contributed by atoms with Crippen molar-refractivity contribution in [2.45, 2.75) is 31.5 Å². The molecule has 0 aromatic carbocycles. The number of aryl methyl sites for hydroxylation is 1. The number of alkyl halides is 7. The van der Waals surface area contributed by atoms with Gasteiger partial charge in [-0.2, -0.15) is 30.7 Å². The van der Waals surface area contributed by atoms with Crippen molar-refractivity contribution in [1.82, 2.24) is 4.57 Å². The van der Waals surface area contributed by atoms with E-state index >= 15 is 0 Å². The molecule has 1 heterocycles. The highest BCUT2D eigenvalue weighted by atomic mass is 19.4. The third-order valence-electron chi connectivity index (χ3n) is 2.29. The molecule has 1 rings (SSSR count). The maximum absolute atomic E-state index is 11.7. The van der Waals surface area contributed by atoms with E-state index in [1.165, 1.54) is 0 Å². The number of rotatable bonds is 4. The van der Waals surface area contributed by atoms with Crippen molar-refractivity contribution in [1.29, 1.82) is 0 Å². The number of hydrogen-bond donors (Lipinski definition) is 0. The zero-order valence-corrected chi connectivity index (χ0v) is 11.1. The molecule has 0 N–H and O–H groups in total. The molecule has 1 aromatic heterocycles. The number of carbonyl (C=O) groups is 1. The lowest BCUT2D eigenvalue weighted by molar-refractivity contribution is -0.692. The van der Waals surface area contributed by atoms with Gasteiger partial charge < -0.3 is 9.90 Å². The third kappa shape index (κ3) is 4.21. The number of nitrogens with zero attached hydrogens (tertiary/aromatic N) is 2. The van der Waals surface area contributed by atoms with Crippen LogP contribution in [0.25, 0.3) is 6.20 Å². The summed E-state index contributed by atoms with van der Waals surface area (Å²) in [6, 6.07) is 0. The van der Waals surface area contributed by atoms with Gasteiger partial charge >= 0.3 is 18.0 Å². The second-order valence-electron chi connectivity index (χ2n) is 3.81. The molecule has 0 aliphatic heterocycles. The van der Waals surface area contributed by atoms with Gasteiger partial charge in [0, 0.05) is 0 Å². The quantitative estimate of drug-likeness (QED) is 0.618. The fraction of sp³-hybridized carbons (Fsp3) is 0.455. The number of carbonyl (C=O) groups excluding carboxylic acids is 1. The van der Waals surface area contributed by atoms with Crippen LogP contribution in [-0.4, -0.2) is 28.6 Å². The number of aromatic nitrogens is 2. The maximum Gasteiger partial charge on any atom is 0.460 e. The molecule has 4 nitrogen and oxygen atoms in total. The monoisotopic (exact) mass is 336 g/mol. The third-order valence-corrected chi connectivity index (χ3v) is 2.29. The molecule has 0 spiro atoms. The molecule has 0 saturated carbocycles. The molecule has 0 radical (unpaired) electrons. The van der Waals surface area contributed by atoms with Crippen molar-refractivity contribution in [2.75, 3.05) is 0 Å². The van der Waals surface area contributed by atoms with Gasteiger partial charge in [0.1, 0.15) is 18.4 Å². The molecule has 22 heavy (non-hydrogen) atoms. The zero-order chi connectivity index (χ0) is 17.8. The average Bonchev–Trinajstić information content (AvgIpc) is 2.85. The molecule has 0 amide bonds. The van der Waals surface area contributed by atoms with E-state index in [4.69, 9.17) is 0 Å². The van der Waals surface area contributed by atoms with Gasteiger partial charge in [-0.25, -0.2) is 9.13 Å². The van der Waals surface area contributed by atoms with Gasteiger partial charge in [-0.1, -0.05) is 6.58 Å². The predicted molar refractivity (Wildman–Crippen MR) is 57.6 cm³/mol. The summed E-state index contributed by atoms with van der Waals surface area (Å²) >= 11 is 0. The van der Waals surface area contributed by atoms with E-state index in [0.29, 0.717) is 0 Å². The topological polar surface area (TPSA) is 48.9 Å². The summed E-state index contributed by atoms with van der Waals surface area (Å²) in [4.78, 5) is 9.27. The minimum Gasteiger partial charge on any atom is -0.544 e. The van der Waals surface area contributed by atoms with Crippen molar-refractivity contribution in [3.8, 4) is 0 Å². The zero-order valence-electron chi connectivity index (χ0n) is 11.1. The van der Waals surface area contributed by atoms with Gasteiger partial charge in [-0.3, -0.25) is 0 Å². The molecule has 0 aliphatic rings. The average molecular weight is 336 g/mol. The Morgan fingerprint density at radius 1 is 1.27 bits per heavy atom. The highest BCUT2D eigenvalue weighted by Crippen LogP contribution is 2.46. The SMILES string of the molecule is C=Cn1cc[n+](CC)c1.O=C([O-])C(F)(F)C(F)(F)C(F)(F)F. The second-order valence-corrected chi connectivity index (χ2v) is 3.81. The van der Waals surface area contributed by atoms with Crippen LogP contribution in [0, 0.1) is 0 Å². The maximum atomic E-state index is 11.7. The van der Waals surface area contributed by atoms with Crippen LogP contribution in [0.3, 0.4) is 0 Å². The molecule has 126 valence electrons. The Bertz CT molecular complexity index is 523. The van der Waals surface area contributed by atoms with Crippen molar-refractivity contribution < 1.29 is 45.2 Å². The highest BCUT2D eigenvalue weighted by Gasteiger charge is 2.73. The minimum atomic E-state index is -6.64. The van der Waals surface area contributed by atoms with Crippen LogP contribution in [-0.2, 0) is 11.3 Å². The molecule has 0 atom stereocenters. The second kappa shape index (κ2) is 6.79. The van der Waals surface area contributed by atoms with Gasteiger partial charge in [0.05, 0.1) is 12.7 Å². The summed E-state index contributed by atoms with van der Waals surface area (Å²) in [6.07, 6.45) is 1.11. The fourth-order valence-corrected chi connectivity index (χ4v) is 1.01. The van der Waals surface area contributed by atoms with E-state index in [2.05, 4.69) is 18.1 Å². The first kappa shape index (κ1) is 19.9. The van der Waals surface area contributed by atoms with E-state index in [1.807, 2.05) is 23.3 Å². The molecule has 0 aliphatic carbocycles. The number of imidazole rings is 1. The summed E-state index contributed by atoms with van der Waals surface area (Å²) in [7, 11) is 0. The van der Waals surface area contributed by atoms with Crippen LogP contribution in [0.2, 0.25) is 0 Å². The van der Waals surface area contributed by atoms with Crippen molar-refractivity contribution in [3.63, 3.8) is 0 Å². The number of hydrogen-bond acceptors (Lipinski definition) is 2. The first-order valence-electron chi connectivity index (χ1n) is 5.54. The molecule has 0 fully saturated rings. The van der Waals surface area contributed by atoms with E-state index in [-0.39, 0.29) is 0 Å². The summed E-state index contributed by atoms with van der Waals surface area (Å²) in [6.45, 7) is 6.75. The van der Waals surface area contributed by atoms with Gasteiger partial charge in [-0.05, 0) is 6.92 Å². The Balaban J connectivity index is 0.000000425. The lowest BCUT2D eigenvalue weighted by atomic mass is 10.1. The normalized spacial score (nSPS) is 12.4. The van der Waals surface area contributed by atoms with Gasteiger partial charge in [0.25, 0.3) is 0 Å². The number of carboxylic acids is 1. The molecule has 1 aromatic rings. The van der Waals surface area contributed by atoms with Crippen LogP contribution < -0.4 is 9.67 Å². The van der Waals surface area contributed by atoms with Gasteiger partial charge in [0.2, 0.25) is 6.33 Å². The predicted octanol–water partition coefficient (Wildman–Crippen LogP) is 1.47. The molecular formula is C11H11F7N2O2. The molecule has 0 bridgehead atoms. The Hall–Kier alpha value is -2.07. The molecule has 11 heteroatoms. The lowest BCUT2D eigenvalue weighted by Gasteiger charge is -2.28. The van der Waals surface area contributed by atoms with Gasteiger partial charge in [-0.15, -0.1) is 0 Å². The van der Waals surface area contributed by atoms with Crippen LogP contribution in [0.1, 0.15) is 6.92 Å². The number of halogens is 7. The summed E-state index contributed by atoms with van der Waals surface area (Å²) in [5.74, 6) is -16.7. The Morgan fingerprint density at radius 2 is 1.77 bits per heavy atom. The number of aliphatic carboxylic acids is 1. The van der Waals surface area contributed by atoms with E-state index in [1.54, 1.807) is 6.20 Å². The van der Waals surface area contributed by atoms with E-state index < -0.39 is 24.0 Å². The van der Waals surface area contributed by atoms with E-state index in [0.717, 1.165) is 6.54 Å².